The summed E-state index contributed by atoms with van der Waals surface area (Å²) in [5, 5.41) is 14.2. The zero-order chi connectivity index (χ0) is 14.9. The molecule has 0 aliphatic heterocycles. The van der Waals surface area contributed by atoms with E-state index in [4.69, 9.17) is 0 Å². The average molecular weight is 300 g/mol. The molecule has 0 radical (unpaired) electrons. The van der Waals surface area contributed by atoms with Gasteiger partial charge in [0, 0.05) is 11.1 Å². The molecule has 0 saturated heterocycles. The molecule has 108 valence electrons. The third-order valence-corrected chi connectivity index (χ3v) is 5.00. The number of hydrogen-bond acceptors (Lipinski definition) is 2. The van der Waals surface area contributed by atoms with Crippen LogP contribution >= 0.6 is 11.3 Å². The molecule has 1 heterocycles. The van der Waals surface area contributed by atoms with Gasteiger partial charge in [-0.15, -0.1) is 11.3 Å². The summed E-state index contributed by atoms with van der Waals surface area (Å²) in [6.07, 6.45) is 1.04. The molecule has 0 amide bonds. The second-order valence-corrected chi connectivity index (χ2v) is 6.24. The summed E-state index contributed by atoms with van der Waals surface area (Å²) in [6, 6.07) is 14.4. The molecule has 1 unspecified atom stereocenters. The molecule has 0 aliphatic carbocycles. The number of aliphatic hydroxyl groups is 1. The van der Waals surface area contributed by atoms with Gasteiger partial charge in [0.05, 0.1) is 5.60 Å². The van der Waals surface area contributed by atoms with Crippen LogP contribution in [0, 0.1) is 5.82 Å². The Bertz CT molecular complexity index is 765. The first-order chi connectivity index (χ1) is 10.1. The van der Waals surface area contributed by atoms with E-state index in [1.807, 2.05) is 19.1 Å². The van der Waals surface area contributed by atoms with Crippen LogP contribution in [-0.4, -0.2) is 5.11 Å². The summed E-state index contributed by atoms with van der Waals surface area (Å²) >= 11 is 1.68. The molecule has 3 aromatic rings. The molecule has 1 atom stereocenters. The molecule has 3 rings (SSSR count). The van der Waals surface area contributed by atoms with Crippen molar-refractivity contribution < 1.29 is 9.50 Å². The van der Waals surface area contributed by atoms with Gasteiger partial charge in [-0.05, 0) is 46.5 Å². The molecule has 0 spiro atoms. The summed E-state index contributed by atoms with van der Waals surface area (Å²) < 4.78 is 14.7. The van der Waals surface area contributed by atoms with Crippen LogP contribution in [0.25, 0.3) is 10.1 Å². The van der Waals surface area contributed by atoms with Crippen LogP contribution in [0.15, 0.2) is 53.9 Å². The summed E-state index contributed by atoms with van der Waals surface area (Å²) in [6.45, 7) is 1.93. The second-order valence-electron chi connectivity index (χ2n) is 5.33. The lowest BCUT2D eigenvalue weighted by Crippen LogP contribution is -2.27. The Morgan fingerprint density at radius 2 is 1.95 bits per heavy atom. The standard InChI is InChI=1S/C18H17FOS/c1-2-18(20,14-6-5-7-15(19)10-14)11-13-12-21-17-9-4-3-8-16(13)17/h3-10,12,20H,2,11H2,1H3. The highest BCUT2D eigenvalue weighted by molar-refractivity contribution is 7.17. The zero-order valence-electron chi connectivity index (χ0n) is 11.8. The average Bonchev–Trinajstić information content (AvgIpc) is 2.90. The number of hydrogen-bond donors (Lipinski definition) is 1. The van der Waals surface area contributed by atoms with E-state index in [2.05, 4.69) is 17.5 Å². The minimum atomic E-state index is -1.04. The third-order valence-electron chi connectivity index (χ3n) is 3.99. The SMILES string of the molecule is CCC(O)(Cc1csc2ccccc12)c1cccc(F)c1. The maximum atomic E-state index is 13.5. The van der Waals surface area contributed by atoms with Crippen molar-refractivity contribution in [3.05, 3.63) is 70.9 Å². The van der Waals surface area contributed by atoms with E-state index in [1.165, 1.54) is 22.2 Å². The minimum Gasteiger partial charge on any atom is -0.385 e. The van der Waals surface area contributed by atoms with Gasteiger partial charge >= 0.3 is 0 Å². The molecule has 0 aliphatic rings. The van der Waals surface area contributed by atoms with Crippen LogP contribution < -0.4 is 0 Å². The Morgan fingerprint density at radius 3 is 2.71 bits per heavy atom. The number of thiophene rings is 1. The lowest BCUT2D eigenvalue weighted by atomic mass is 9.85. The summed E-state index contributed by atoms with van der Waals surface area (Å²) in [5.74, 6) is -0.311. The zero-order valence-corrected chi connectivity index (χ0v) is 12.7. The van der Waals surface area contributed by atoms with Gasteiger partial charge in [-0.3, -0.25) is 0 Å². The van der Waals surface area contributed by atoms with Gasteiger partial charge in [-0.25, -0.2) is 4.39 Å². The molecular weight excluding hydrogens is 283 g/mol. The Kier molecular flexibility index (Phi) is 3.79. The molecule has 0 fully saturated rings. The lowest BCUT2D eigenvalue weighted by Gasteiger charge is -2.27. The van der Waals surface area contributed by atoms with Crippen LogP contribution in [0.1, 0.15) is 24.5 Å². The van der Waals surface area contributed by atoms with E-state index in [0.717, 1.165) is 5.56 Å². The summed E-state index contributed by atoms with van der Waals surface area (Å²) in [7, 11) is 0. The van der Waals surface area contributed by atoms with Crippen molar-refractivity contribution in [2.45, 2.75) is 25.4 Å². The van der Waals surface area contributed by atoms with Gasteiger partial charge in [0.15, 0.2) is 0 Å². The Labute approximate surface area is 127 Å². The van der Waals surface area contributed by atoms with E-state index >= 15 is 0 Å². The lowest BCUT2D eigenvalue weighted by molar-refractivity contribution is 0.0328. The largest absolute Gasteiger partial charge is 0.385 e. The minimum absolute atomic E-state index is 0.311. The van der Waals surface area contributed by atoms with E-state index in [9.17, 15) is 9.50 Å². The first-order valence-corrected chi connectivity index (χ1v) is 7.94. The smallest absolute Gasteiger partial charge is 0.123 e. The Morgan fingerprint density at radius 1 is 1.14 bits per heavy atom. The molecule has 2 aromatic carbocycles. The molecule has 1 N–H and O–H groups in total. The predicted molar refractivity (Wildman–Crippen MR) is 86.1 cm³/mol. The predicted octanol–water partition coefficient (Wildman–Crippen LogP) is 4.88. The fraction of sp³-hybridized carbons (Fsp3) is 0.222. The van der Waals surface area contributed by atoms with Crippen LogP contribution in [0.2, 0.25) is 0 Å². The van der Waals surface area contributed by atoms with Gasteiger partial charge in [0.2, 0.25) is 0 Å². The number of benzene rings is 2. The number of halogens is 1. The van der Waals surface area contributed by atoms with E-state index in [1.54, 1.807) is 23.5 Å². The number of fused-ring (bicyclic) bond motifs is 1. The second kappa shape index (κ2) is 5.58. The Balaban J connectivity index is 2.00. The molecule has 0 bridgehead atoms. The van der Waals surface area contributed by atoms with Gasteiger partial charge in [-0.2, -0.15) is 0 Å². The number of rotatable bonds is 4. The highest BCUT2D eigenvalue weighted by Gasteiger charge is 2.28. The first-order valence-electron chi connectivity index (χ1n) is 7.06. The molecular formula is C18H17FOS. The highest BCUT2D eigenvalue weighted by atomic mass is 32.1. The van der Waals surface area contributed by atoms with E-state index < -0.39 is 5.60 Å². The fourth-order valence-electron chi connectivity index (χ4n) is 2.69. The van der Waals surface area contributed by atoms with Gasteiger partial charge in [-0.1, -0.05) is 37.3 Å². The maximum Gasteiger partial charge on any atom is 0.123 e. The summed E-state index contributed by atoms with van der Waals surface area (Å²) in [4.78, 5) is 0. The van der Waals surface area contributed by atoms with E-state index in [-0.39, 0.29) is 5.82 Å². The van der Waals surface area contributed by atoms with Crippen LogP contribution in [0.4, 0.5) is 4.39 Å². The molecule has 1 aromatic heterocycles. The molecule has 1 nitrogen and oxygen atoms in total. The van der Waals surface area contributed by atoms with Crippen LogP contribution in [0.3, 0.4) is 0 Å². The van der Waals surface area contributed by atoms with Crippen LogP contribution in [-0.2, 0) is 12.0 Å². The highest BCUT2D eigenvalue weighted by Crippen LogP contribution is 2.34. The van der Waals surface area contributed by atoms with Crippen molar-refractivity contribution in [3.8, 4) is 0 Å². The van der Waals surface area contributed by atoms with Crippen molar-refractivity contribution in [2.24, 2.45) is 0 Å². The van der Waals surface area contributed by atoms with Crippen molar-refractivity contribution in [1.82, 2.24) is 0 Å². The quantitative estimate of drug-likeness (QED) is 0.728. The molecule has 21 heavy (non-hydrogen) atoms. The molecule has 0 saturated carbocycles. The van der Waals surface area contributed by atoms with Crippen molar-refractivity contribution >= 4 is 21.4 Å². The first kappa shape index (κ1) is 14.2. The third kappa shape index (κ3) is 2.71. The van der Waals surface area contributed by atoms with Gasteiger partial charge < -0.3 is 5.11 Å². The maximum absolute atomic E-state index is 13.5. The van der Waals surface area contributed by atoms with E-state index in [0.29, 0.717) is 18.4 Å². The normalized spacial score (nSPS) is 14.2. The monoisotopic (exact) mass is 300 g/mol. The van der Waals surface area contributed by atoms with Crippen LogP contribution in [0.5, 0.6) is 0 Å². The van der Waals surface area contributed by atoms with Gasteiger partial charge in [0.1, 0.15) is 5.82 Å². The molecule has 3 heteroatoms. The topological polar surface area (TPSA) is 20.2 Å². The van der Waals surface area contributed by atoms with Crippen molar-refractivity contribution in [1.29, 1.82) is 0 Å². The Hall–Kier alpha value is -1.71. The van der Waals surface area contributed by atoms with Crippen molar-refractivity contribution in [3.63, 3.8) is 0 Å². The summed E-state index contributed by atoms with van der Waals surface area (Å²) in [5.41, 5.74) is 0.718. The van der Waals surface area contributed by atoms with Crippen molar-refractivity contribution in [2.75, 3.05) is 0 Å². The fourth-order valence-corrected chi connectivity index (χ4v) is 3.66. The van der Waals surface area contributed by atoms with Gasteiger partial charge in [0.25, 0.3) is 0 Å².